The summed E-state index contributed by atoms with van der Waals surface area (Å²) in [6.45, 7) is 6.65. The molecule has 0 radical (unpaired) electrons. The highest BCUT2D eigenvalue weighted by molar-refractivity contribution is 5.62. The highest BCUT2D eigenvalue weighted by Crippen LogP contribution is 2.20. The summed E-state index contributed by atoms with van der Waals surface area (Å²) >= 11 is 0. The maximum atomic E-state index is 11.1. The van der Waals surface area contributed by atoms with Gasteiger partial charge in [0.05, 0.1) is 5.69 Å². The van der Waals surface area contributed by atoms with E-state index in [9.17, 15) is 4.79 Å². The van der Waals surface area contributed by atoms with E-state index in [1.165, 1.54) is 0 Å². The molecule has 0 saturated heterocycles. The average molecular weight is 259 g/mol. The van der Waals surface area contributed by atoms with Gasteiger partial charge >= 0.3 is 0 Å². The summed E-state index contributed by atoms with van der Waals surface area (Å²) in [5.74, 6) is 0.640. The predicted octanol–water partition coefficient (Wildman–Crippen LogP) is 3.22. The summed E-state index contributed by atoms with van der Waals surface area (Å²) in [4.78, 5) is 11.1. The number of rotatable bonds is 5. The van der Waals surface area contributed by atoms with E-state index in [0.29, 0.717) is 12.0 Å². The number of nitrogens with one attached hydrogen (secondary N) is 3. The summed E-state index contributed by atoms with van der Waals surface area (Å²) < 4.78 is 0. The Labute approximate surface area is 113 Å². The van der Waals surface area contributed by atoms with Crippen LogP contribution >= 0.6 is 0 Å². The molecule has 3 N–H and O–H groups in total. The molecule has 0 fully saturated rings. The third kappa shape index (κ3) is 3.28. The van der Waals surface area contributed by atoms with Crippen LogP contribution in [0.5, 0.6) is 0 Å². The largest absolute Gasteiger partial charge is 0.382 e. The Balaban J connectivity index is 2.08. The molecule has 2 unspecified atom stereocenters. The van der Waals surface area contributed by atoms with E-state index < -0.39 is 0 Å². The summed E-state index contributed by atoms with van der Waals surface area (Å²) in [6, 6.07) is 10.1. The van der Waals surface area contributed by atoms with Crippen molar-refractivity contribution in [3.63, 3.8) is 0 Å². The fourth-order valence-corrected chi connectivity index (χ4v) is 1.99. The van der Waals surface area contributed by atoms with Crippen molar-refractivity contribution < 1.29 is 0 Å². The van der Waals surface area contributed by atoms with E-state index in [-0.39, 0.29) is 5.56 Å². The molecule has 0 aliphatic carbocycles. The van der Waals surface area contributed by atoms with Gasteiger partial charge in [-0.3, -0.25) is 15.0 Å². The monoisotopic (exact) mass is 259 g/mol. The Kier molecular flexibility index (Phi) is 4.10. The van der Waals surface area contributed by atoms with Crippen LogP contribution in [-0.4, -0.2) is 16.2 Å². The highest BCUT2D eigenvalue weighted by Gasteiger charge is 2.09. The molecule has 19 heavy (non-hydrogen) atoms. The molecular formula is C15H21N3O. The fraction of sp³-hybridized carbons (Fsp3) is 0.400. The molecule has 1 heterocycles. The number of aromatic nitrogens is 2. The lowest BCUT2D eigenvalue weighted by Crippen LogP contribution is -2.23. The lowest BCUT2D eigenvalue weighted by Gasteiger charge is -2.21. The minimum Gasteiger partial charge on any atom is -0.382 e. The first-order chi connectivity index (χ1) is 9.10. The number of aromatic amines is 2. The molecule has 4 heteroatoms. The summed E-state index contributed by atoms with van der Waals surface area (Å²) in [5, 5.41) is 8.89. The zero-order valence-corrected chi connectivity index (χ0v) is 11.7. The lowest BCUT2D eigenvalue weighted by molar-refractivity contribution is 0.494. The first-order valence-electron chi connectivity index (χ1n) is 6.74. The Morgan fingerprint density at radius 1 is 1.16 bits per heavy atom. The van der Waals surface area contributed by atoms with E-state index in [0.717, 1.165) is 23.4 Å². The van der Waals surface area contributed by atoms with Crippen LogP contribution in [0, 0.1) is 5.92 Å². The van der Waals surface area contributed by atoms with Crippen LogP contribution in [0.15, 0.2) is 35.1 Å². The molecule has 0 amide bonds. The van der Waals surface area contributed by atoms with E-state index >= 15 is 0 Å². The third-order valence-corrected chi connectivity index (χ3v) is 3.68. The van der Waals surface area contributed by atoms with Crippen molar-refractivity contribution in [1.29, 1.82) is 0 Å². The Bertz CT molecular complexity index is 568. The number of H-pyrrole nitrogens is 2. The van der Waals surface area contributed by atoms with Crippen LogP contribution in [0.1, 0.15) is 27.2 Å². The molecule has 1 aromatic heterocycles. The normalized spacial score (nSPS) is 14.1. The Morgan fingerprint density at radius 3 is 2.37 bits per heavy atom. The Hall–Kier alpha value is -1.97. The van der Waals surface area contributed by atoms with Crippen molar-refractivity contribution in [1.82, 2.24) is 10.2 Å². The second kappa shape index (κ2) is 5.78. The molecule has 1 aromatic carbocycles. The fourth-order valence-electron chi connectivity index (χ4n) is 1.99. The van der Waals surface area contributed by atoms with Crippen LogP contribution in [0.3, 0.4) is 0 Å². The molecule has 102 valence electrons. The standard InChI is InChI=1S/C15H21N3O/c1-4-10(2)11(3)16-13-7-5-12(6-8-13)14-9-15(19)18-17-14/h5-11,16H,4H2,1-3H3,(H2,17,18,19). The average Bonchev–Trinajstić information content (AvgIpc) is 2.85. The maximum absolute atomic E-state index is 11.1. The van der Waals surface area contributed by atoms with Crippen LogP contribution < -0.4 is 10.9 Å². The van der Waals surface area contributed by atoms with Crippen molar-refractivity contribution in [2.24, 2.45) is 5.92 Å². The van der Waals surface area contributed by atoms with Crippen LogP contribution in [-0.2, 0) is 0 Å². The lowest BCUT2D eigenvalue weighted by atomic mass is 10.0. The first kappa shape index (κ1) is 13.5. The number of hydrogen-bond acceptors (Lipinski definition) is 2. The second-order valence-corrected chi connectivity index (χ2v) is 5.07. The third-order valence-electron chi connectivity index (χ3n) is 3.68. The molecule has 0 spiro atoms. The molecule has 0 aliphatic heterocycles. The number of hydrogen-bond donors (Lipinski definition) is 3. The predicted molar refractivity (Wildman–Crippen MR) is 79.4 cm³/mol. The van der Waals surface area contributed by atoms with E-state index in [1.54, 1.807) is 6.07 Å². The Morgan fingerprint density at radius 2 is 1.84 bits per heavy atom. The number of anilines is 1. The minimum atomic E-state index is -0.109. The van der Waals surface area contributed by atoms with Gasteiger partial charge in [-0.1, -0.05) is 32.4 Å². The molecular weight excluding hydrogens is 238 g/mol. The molecule has 2 rings (SSSR count). The van der Waals surface area contributed by atoms with Crippen molar-refractivity contribution in [2.75, 3.05) is 5.32 Å². The van der Waals surface area contributed by atoms with E-state index in [1.807, 2.05) is 24.3 Å². The minimum absolute atomic E-state index is 0.109. The summed E-state index contributed by atoms with van der Waals surface area (Å²) in [5.41, 5.74) is 2.81. The summed E-state index contributed by atoms with van der Waals surface area (Å²) in [6.07, 6.45) is 1.16. The van der Waals surface area contributed by atoms with Crippen LogP contribution in [0.25, 0.3) is 11.3 Å². The maximum Gasteiger partial charge on any atom is 0.264 e. The second-order valence-electron chi connectivity index (χ2n) is 5.07. The topological polar surface area (TPSA) is 60.7 Å². The zero-order chi connectivity index (χ0) is 13.8. The van der Waals surface area contributed by atoms with Gasteiger partial charge in [0.15, 0.2) is 0 Å². The molecule has 0 saturated carbocycles. The van der Waals surface area contributed by atoms with Gasteiger partial charge in [-0.15, -0.1) is 0 Å². The molecule has 2 atom stereocenters. The van der Waals surface area contributed by atoms with Gasteiger partial charge in [0, 0.05) is 17.8 Å². The van der Waals surface area contributed by atoms with Gasteiger partial charge in [0.1, 0.15) is 0 Å². The molecule has 0 bridgehead atoms. The van der Waals surface area contributed by atoms with E-state index in [4.69, 9.17) is 0 Å². The van der Waals surface area contributed by atoms with Gasteiger partial charge in [0.2, 0.25) is 0 Å². The molecule has 0 aliphatic rings. The summed E-state index contributed by atoms with van der Waals surface area (Å²) in [7, 11) is 0. The number of benzene rings is 1. The highest BCUT2D eigenvalue weighted by atomic mass is 16.1. The molecule has 2 aromatic rings. The van der Waals surface area contributed by atoms with Crippen molar-refractivity contribution in [3.05, 3.63) is 40.7 Å². The molecule has 4 nitrogen and oxygen atoms in total. The van der Waals surface area contributed by atoms with Gasteiger partial charge in [-0.25, -0.2) is 0 Å². The smallest absolute Gasteiger partial charge is 0.264 e. The van der Waals surface area contributed by atoms with Crippen LogP contribution in [0.4, 0.5) is 5.69 Å². The van der Waals surface area contributed by atoms with Crippen molar-refractivity contribution in [3.8, 4) is 11.3 Å². The van der Waals surface area contributed by atoms with Gasteiger partial charge in [0.25, 0.3) is 5.56 Å². The van der Waals surface area contributed by atoms with Gasteiger partial charge < -0.3 is 5.32 Å². The first-order valence-corrected chi connectivity index (χ1v) is 6.74. The van der Waals surface area contributed by atoms with Crippen molar-refractivity contribution in [2.45, 2.75) is 33.2 Å². The van der Waals surface area contributed by atoms with Gasteiger partial charge in [-0.05, 0) is 30.5 Å². The van der Waals surface area contributed by atoms with Crippen LogP contribution in [0.2, 0.25) is 0 Å². The zero-order valence-electron chi connectivity index (χ0n) is 11.7. The quantitative estimate of drug-likeness (QED) is 0.772. The SMILES string of the molecule is CCC(C)C(C)Nc1ccc(-c2cc(=O)[nH][nH]2)cc1. The van der Waals surface area contributed by atoms with Crippen molar-refractivity contribution >= 4 is 5.69 Å². The van der Waals surface area contributed by atoms with Gasteiger partial charge in [-0.2, -0.15) is 0 Å². The van der Waals surface area contributed by atoms with E-state index in [2.05, 4.69) is 36.3 Å².